The molecule has 0 saturated heterocycles. The van der Waals surface area contributed by atoms with Gasteiger partial charge in [0.2, 0.25) is 0 Å². The summed E-state index contributed by atoms with van der Waals surface area (Å²) in [7, 11) is 1.44. The highest BCUT2D eigenvalue weighted by atomic mass is 32.1. The molecule has 2 heterocycles. The fraction of sp³-hybridized carbons (Fsp3) is 0.0455. The van der Waals surface area contributed by atoms with E-state index < -0.39 is 10.5 Å². The molecule has 4 aromatic rings. The van der Waals surface area contributed by atoms with Crippen LogP contribution in [0, 0.1) is 21.4 Å². The Morgan fingerprint density at radius 3 is 2.84 bits per heavy atom. The number of thiazole rings is 1. The van der Waals surface area contributed by atoms with Crippen LogP contribution in [0.15, 0.2) is 63.1 Å². The molecule has 2 aromatic heterocycles. The first-order valence-electron chi connectivity index (χ1n) is 8.93. The van der Waals surface area contributed by atoms with E-state index in [4.69, 9.17) is 9.15 Å². The first kappa shape index (κ1) is 20.0. The lowest BCUT2D eigenvalue weighted by Crippen LogP contribution is -2.02. The minimum Gasteiger partial charge on any atom is -0.496 e. The van der Waals surface area contributed by atoms with Gasteiger partial charge in [-0.2, -0.15) is 5.26 Å². The van der Waals surface area contributed by atoms with Gasteiger partial charge in [-0.3, -0.25) is 10.1 Å². The second-order valence-corrected chi connectivity index (χ2v) is 7.23. The molecule has 0 saturated carbocycles. The lowest BCUT2D eigenvalue weighted by molar-refractivity contribution is -0.384. The largest absolute Gasteiger partial charge is 0.496 e. The summed E-state index contributed by atoms with van der Waals surface area (Å²) in [5, 5.41) is 23.5. The molecule has 8 nitrogen and oxygen atoms in total. The highest BCUT2D eigenvalue weighted by Gasteiger charge is 2.16. The zero-order valence-electron chi connectivity index (χ0n) is 16.1. The van der Waals surface area contributed by atoms with Gasteiger partial charge in [0.1, 0.15) is 22.4 Å². The topological polar surface area (TPSA) is 119 Å². The highest BCUT2D eigenvalue weighted by molar-refractivity contribution is 7.11. The normalized spacial score (nSPS) is 11.3. The van der Waals surface area contributed by atoms with E-state index in [2.05, 4.69) is 11.1 Å². The Bertz CT molecular complexity index is 1450. The maximum absolute atomic E-state index is 12.4. The maximum Gasteiger partial charge on any atom is 0.345 e. The Labute approximate surface area is 179 Å². The van der Waals surface area contributed by atoms with Crippen LogP contribution in [-0.4, -0.2) is 17.0 Å². The van der Waals surface area contributed by atoms with Crippen molar-refractivity contribution in [1.29, 1.82) is 5.26 Å². The third kappa shape index (κ3) is 3.92. The van der Waals surface area contributed by atoms with E-state index in [0.29, 0.717) is 27.6 Å². The minimum absolute atomic E-state index is 0.127. The highest BCUT2D eigenvalue weighted by Crippen LogP contribution is 2.31. The van der Waals surface area contributed by atoms with Crippen molar-refractivity contribution >= 4 is 39.6 Å². The molecule has 0 spiro atoms. The van der Waals surface area contributed by atoms with Crippen molar-refractivity contribution in [3.8, 4) is 23.1 Å². The van der Waals surface area contributed by atoms with Gasteiger partial charge in [-0.1, -0.05) is 18.2 Å². The first-order chi connectivity index (χ1) is 15.0. The molecule has 0 fully saturated rings. The van der Waals surface area contributed by atoms with Crippen LogP contribution in [0.3, 0.4) is 0 Å². The average Bonchev–Trinajstić information content (AvgIpc) is 3.26. The van der Waals surface area contributed by atoms with E-state index in [9.17, 15) is 20.2 Å². The number of nitrogens with zero attached hydrogens (tertiary/aromatic N) is 3. The van der Waals surface area contributed by atoms with Crippen molar-refractivity contribution in [3.63, 3.8) is 0 Å². The molecule has 2 aromatic carbocycles. The van der Waals surface area contributed by atoms with Crippen LogP contribution in [-0.2, 0) is 0 Å². The van der Waals surface area contributed by atoms with Crippen molar-refractivity contribution in [1.82, 2.24) is 4.98 Å². The predicted octanol–water partition coefficient (Wildman–Crippen LogP) is 4.90. The van der Waals surface area contributed by atoms with Gasteiger partial charge in [-0.25, -0.2) is 9.78 Å². The number of methoxy groups -OCH3 is 1. The molecular formula is C22H13N3O5S. The zero-order chi connectivity index (χ0) is 22.0. The van der Waals surface area contributed by atoms with Gasteiger partial charge in [0, 0.05) is 28.5 Å². The third-order valence-corrected chi connectivity index (χ3v) is 5.37. The molecule has 4 rings (SSSR count). The molecule has 0 aliphatic rings. The smallest absolute Gasteiger partial charge is 0.345 e. The van der Waals surface area contributed by atoms with E-state index in [1.807, 2.05) is 12.1 Å². The van der Waals surface area contributed by atoms with Crippen molar-refractivity contribution in [2.75, 3.05) is 7.11 Å². The lowest BCUT2D eigenvalue weighted by atomic mass is 10.1. The fourth-order valence-electron chi connectivity index (χ4n) is 3.01. The number of nitriles is 1. The SMILES string of the molecule is COc1ccc([N+](=O)[O-])cc1C=C(C#N)c1nc(-c2cc3ccccc3oc2=O)cs1. The van der Waals surface area contributed by atoms with Gasteiger partial charge in [-0.05, 0) is 24.3 Å². The molecule has 0 aliphatic heterocycles. The van der Waals surface area contributed by atoms with Crippen LogP contribution in [0.25, 0.3) is 33.9 Å². The Hall–Kier alpha value is -4.29. The summed E-state index contributed by atoms with van der Waals surface area (Å²) < 4.78 is 10.6. The molecule has 0 aliphatic carbocycles. The molecular weight excluding hydrogens is 418 g/mol. The Kier molecular flexibility index (Phi) is 5.30. The second kappa shape index (κ2) is 8.22. The standard InChI is InChI=1S/C22H13N3O5S/c1-29-19-7-6-16(25(27)28)9-14(19)8-15(11-23)21-24-18(12-31-21)17-10-13-4-2-3-5-20(13)30-22(17)26/h2-10,12H,1H3. The molecule has 31 heavy (non-hydrogen) atoms. The first-order valence-corrected chi connectivity index (χ1v) is 9.81. The molecule has 152 valence electrons. The number of para-hydroxylation sites is 1. The van der Waals surface area contributed by atoms with Crippen molar-refractivity contribution < 1.29 is 14.1 Å². The number of rotatable bonds is 5. The summed E-state index contributed by atoms with van der Waals surface area (Å²) in [6.45, 7) is 0. The van der Waals surface area contributed by atoms with Crippen LogP contribution in [0.2, 0.25) is 0 Å². The third-order valence-electron chi connectivity index (χ3n) is 4.50. The molecule has 0 bridgehead atoms. The van der Waals surface area contributed by atoms with Gasteiger partial charge >= 0.3 is 5.63 Å². The summed E-state index contributed by atoms with van der Waals surface area (Å²) in [5.74, 6) is 0.380. The second-order valence-electron chi connectivity index (χ2n) is 6.38. The number of aromatic nitrogens is 1. The average molecular weight is 431 g/mol. The zero-order valence-corrected chi connectivity index (χ0v) is 16.9. The summed E-state index contributed by atoms with van der Waals surface area (Å²) >= 11 is 1.18. The number of nitro benzene ring substituents is 1. The monoisotopic (exact) mass is 431 g/mol. The number of non-ortho nitro benzene ring substituents is 1. The molecule has 0 amide bonds. The molecule has 0 unspecified atom stereocenters. The van der Waals surface area contributed by atoms with E-state index in [1.54, 1.807) is 23.6 Å². The summed E-state index contributed by atoms with van der Waals surface area (Å²) in [6.07, 6.45) is 1.47. The van der Waals surface area contributed by atoms with Crippen LogP contribution >= 0.6 is 11.3 Å². The maximum atomic E-state index is 12.4. The summed E-state index contributed by atoms with van der Waals surface area (Å²) in [5.41, 5.74) is 1.03. The Morgan fingerprint density at radius 2 is 2.10 bits per heavy atom. The number of hydrogen-bond acceptors (Lipinski definition) is 8. The van der Waals surface area contributed by atoms with Crippen molar-refractivity contribution in [3.05, 3.63) is 85.0 Å². The lowest BCUT2D eigenvalue weighted by Gasteiger charge is -2.05. The number of ether oxygens (including phenoxy) is 1. The Morgan fingerprint density at radius 1 is 1.29 bits per heavy atom. The van der Waals surface area contributed by atoms with Crippen LogP contribution in [0.1, 0.15) is 10.6 Å². The minimum atomic E-state index is -0.529. The van der Waals surface area contributed by atoms with E-state index in [1.165, 1.54) is 42.7 Å². The van der Waals surface area contributed by atoms with Crippen molar-refractivity contribution in [2.45, 2.75) is 0 Å². The fourth-order valence-corrected chi connectivity index (χ4v) is 3.79. The van der Waals surface area contributed by atoms with E-state index >= 15 is 0 Å². The molecule has 0 atom stereocenters. The van der Waals surface area contributed by atoms with E-state index in [-0.39, 0.29) is 16.8 Å². The molecule has 0 N–H and O–H groups in total. The molecule has 0 radical (unpaired) electrons. The number of benzene rings is 2. The van der Waals surface area contributed by atoms with Gasteiger partial charge < -0.3 is 9.15 Å². The van der Waals surface area contributed by atoms with E-state index in [0.717, 1.165) is 5.39 Å². The van der Waals surface area contributed by atoms with Gasteiger partial charge in [0.25, 0.3) is 5.69 Å². The van der Waals surface area contributed by atoms with Crippen LogP contribution in [0.5, 0.6) is 5.75 Å². The summed E-state index contributed by atoms with van der Waals surface area (Å²) in [6, 6.07) is 15.0. The van der Waals surface area contributed by atoms with Gasteiger partial charge in [-0.15, -0.1) is 11.3 Å². The quantitative estimate of drug-likeness (QED) is 0.191. The number of allylic oxidation sites excluding steroid dienone is 1. The van der Waals surface area contributed by atoms with Gasteiger partial charge in [0.05, 0.1) is 28.9 Å². The predicted molar refractivity (Wildman–Crippen MR) is 117 cm³/mol. The number of nitro groups is 1. The number of hydrogen-bond donors (Lipinski definition) is 0. The summed E-state index contributed by atoms with van der Waals surface area (Å²) in [4.78, 5) is 27.4. The van der Waals surface area contributed by atoms with Crippen LogP contribution < -0.4 is 10.4 Å². The molecule has 9 heteroatoms. The number of fused-ring (bicyclic) bond motifs is 1. The van der Waals surface area contributed by atoms with Crippen molar-refractivity contribution in [2.24, 2.45) is 0 Å². The Balaban J connectivity index is 1.77. The van der Waals surface area contributed by atoms with Gasteiger partial charge in [0.15, 0.2) is 0 Å². The van der Waals surface area contributed by atoms with Crippen LogP contribution in [0.4, 0.5) is 5.69 Å².